The fraction of sp³-hybridized carbons (Fsp3) is 0.375. The average Bonchev–Trinajstić information content (AvgIpc) is 3.22. The second-order valence-corrected chi connectivity index (χ2v) is 6.81. The zero-order valence-corrected chi connectivity index (χ0v) is 14.6. The van der Waals surface area contributed by atoms with Gasteiger partial charge in [0.2, 0.25) is 5.91 Å². The Labute approximate surface area is 148 Å². The van der Waals surface area contributed by atoms with Crippen LogP contribution >= 0.6 is 11.3 Å². The van der Waals surface area contributed by atoms with Crippen LogP contribution in [0.25, 0.3) is 10.8 Å². The van der Waals surface area contributed by atoms with Crippen LogP contribution in [-0.4, -0.2) is 40.5 Å². The predicted molar refractivity (Wildman–Crippen MR) is 91.2 cm³/mol. The van der Waals surface area contributed by atoms with Gasteiger partial charge in [-0.05, 0) is 24.5 Å². The number of rotatable bonds is 8. The molecule has 0 bridgehead atoms. The number of thiazole rings is 1. The Kier molecular flexibility index (Phi) is 6.29. The summed E-state index contributed by atoms with van der Waals surface area (Å²) in [5, 5.41) is 14.5. The van der Waals surface area contributed by atoms with Crippen LogP contribution in [0.15, 0.2) is 29.0 Å². The van der Waals surface area contributed by atoms with Crippen LogP contribution in [0.3, 0.4) is 0 Å². The Balaban J connectivity index is 1.87. The Morgan fingerprint density at radius 1 is 1.36 bits per heavy atom. The summed E-state index contributed by atoms with van der Waals surface area (Å²) in [6.45, 7) is 3.42. The summed E-state index contributed by atoms with van der Waals surface area (Å²) in [6, 6.07) is 2.48. The van der Waals surface area contributed by atoms with Crippen LogP contribution < -0.4 is 10.6 Å². The van der Waals surface area contributed by atoms with Crippen LogP contribution in [0.5, 0.6) is 0 Å². The van der Waals surface area contributed by atoms with E-state index in [1.165, 1.54) is 12.5 Å². The molecular formula is C16H19N3O5S. The molecule has 0 saturated heterocycles. The van der Waals surface area contributed by atoms with E-state index in [4.69, 9.17) is 9.52 Å². The number of carbonyl (C=O) groups is 3. The summed E-state index contributed by atoms with van der Waals surface area (Å²) in [7, 11) is 0. The van der Waals surface area contributed by atoms with Crippen molar-refractivity contribution in [1.82, 2.24) is 15.6 Å². The van der Waals surface area contributed by atoms with E-state index in [9.17, 15) is 14.4 Å². The van der Waals surface area contributed by atoms with Gasteiger partial charge in [0.15, 0.2) is 10.8 Å². The van der Waals surface area contributed by atoms with Crippen molar-refractivity contribution in [3.8, 4) is 10.8 Å². The lowest BCUT2D eigenvalue weighted by Gasteiger charge is -2.16. The highest BCUT2D eigenvalue weighted by atomic mass is 32.1. The first-order chi connectivity index (χ1) is 11.9. The molecule has 0 saturated carbocycles. The molecule has 9 heteroatoms. The molecule has 2 aromatic heterocycles. The molecule has 2 heterocycles. The first-order valence-corrected chi connectivity index (χ1v) is 8.48. The van der Waals surface area contributed by atoms with Crippen molar-refractivity contribution >= 4 is 29.1 Å². The molecule has 0 unspecified atom stereocenters. The van der Waals surface area contributed by atoms with Crippen LogP contribution in [0.1, 0.15) is 29.9 Å². The number of nitrogens with one attached hydrogen (secondary N) is 2. The van der Waals surface area contributed by atoms with Crippen molar-refractivity contribution in [2.24, 2.45) is 5.92 Å². The highest BCUT2D eigenvalue weighted by molar-refractivity contribution is 7.16. The molecular weight excluding hydrogens is 346 g/mol. The standard InChI is InChI=1S/C16H19N3O5S/c1-9(2)6-10(16(22)23)19-13(20)8-17-14(21)12-7-18-15(25-12)11-4-3-5-24-11/h3-5,7,9-10H,6,8H2,1-2H3,(H,17,21)(H,19,20)(H,22,23)/t10-/m0/s1. The van der Waals surface area contributed by atoms with Gasteiger partial charge < -0.3 is 20.2 Å². The predicted octanol–water partition coefficient (Wildman–Crippen LogP) is 1.75. The van der Waals surface area contributed by atoms with E-state index in [2.05, 4.69) is 15.6 Å². The molecule has 134 valence electrons. The molecule has 2 aromatic rings. The number of carboxylic acid groups (broad SMARTS) is 1. The minimum absolute atomic E-state index is 0.119. The molecule has 0 radical (unpaired) electrons. The number of aliphatic carboxylic acids is 1. The van der Waals surface area contributed by atoms with Crippen molar-refractivity contribution in [2.45, 2.75) is 26.3 Å². The van der Waals surface area contributed by atoms with Crippen LogP contribution in [0, 0.1) is 5.92 Å². The van der Waals surface area contributed by atoms with Gasteiger partial charge in [-0.25, -0.2) is 9.78 Å². The maximum Gasteiger partial charge on any atom is 0.326 e. The van der Waals surface area contributed by atoms with Crippen molar-refractivity contribution in [3.05, 3.63) is 29.5 Å². The SMILES string of the molecule is CC(C)C[C@H](NC(=O)CNC(=O)c1cnc(-c2ccco2)s1)C(=O)O. The summed E-state index contributed by atoms with van der Waals surface area (Å²) >= 11 is 1.13. The number of carbonyl (C=O) groups excluding carboxylic acids is 2. The zero-order chi connectivity index (χ0) is 18.4. The highest BCUT2D eigenvalue weighted by Crippen LogP contribution is 2.25. The van der Waals surface area contributed by atoms with E-state index in [0.29, 0.717) is 22.1 Å². The molecule has 2 amide bonds. The van der Waals surface area contributed by atoms with Crippen molar-refractivity contribution in [1.29, 1.82) is 0 Å². The molecule has 1 atom stereocenters. The number of furan rings is 1. The third-order valence-electron chi connectivity index (χ3n) is 3.21. The topological polar surface area (TPSA) is 122 Å². The molecule has 0 aromatic carbocycles. The van der Waals surface area contributed by atoms with E-state index in [0.717, 1.165) is 11.3 Å². The zero-order valence-electron chi connectivity index (χ0n) is 13.8. The lowest BCUT2D eigenvalue weighted by molar-refractivity contribution is -0.142. The molecule has 0 aliphatic carbocycles. The van der Waals surface area contributed by atoms with E-state index >= 15 is 0 Å². The quantitative estimate of drug-likeness (QED) is 0.655. The number of hydrogen-bond acceptors (Lipinski definition) is 6. The van der Waals surface area contributed by atoms with Gasteiger partial charge in [-0.1, -0.05) is 13.8 Å². The third kappa shape index (κ3) is 5.42. The maximum atomic E-state index is 12.1. The molecule has 0 aliphatic rings. The van der Waals surface area contributed by atoms with Crippen molar-refractivity contribution < 1.29 is 23.9 Å². The van der Waals surface area contributed by atoms with Gasteiger partial charge in [0.05, 0.1) is 19.0 Å². The fourth-order valence-electron chi connectivity index (χ4n) is 2.08. The highest BCUT2D eigenvalue weighted by Gasteiger charge is 2.21. The Hall–Kier alpha value is -2.68. The van der Waals surface area contributed by atoms with Gasteiger partial charge in [-0.3, -0.25) is 9.59 Å². The van der Waals surface area contributed by atoms with Gasteiger partial charge in [0.25, 0.3) is 5.91 Å². The summed E-state index contributed by atoms with van der Waals surface area (Å²) in [5.74, 6) is -1.44. The lowest BCUT2D eigenvalue weighted by Crippen LogP contribution is -2.46. The van der Waals surface area contributed by atoms with E-state index in [-0.39, 0.29) is 12.5 Å². The monoisotopic (exact) mass is 365 g/mol. The smallest absolute Gasteiger partial charge is 0.326 e. The summed E-state index contributed by atoms with van der Waals surface area (Å²) < 4.78 is 5.21. The molecule has 2 rings (SSSR count). The second kappa shape index (κ2) is 8.43. The van der Waals surface area contributed by atoms with E-state index < -0.39 is 23.8 Å². The van der Waals surface area contributed by atoms with Crippen molar-refractivity contribution in [2.75, 3.05) is 6.54 Å². The first kappa shape index (κ1) is 18.7. The Morgan fingerprint density at radius 2 is 2.12 bits per heavy atom. The number of hydrogen-bond donors (Lipinski definition) is 3. The molecule has 0 spiro atoms. The van der Waals surface area contributed by atoms with Gasteiger partial charge >= 0.3 is 5.97 Å². The lowest BCUT2D eigenvalue weighted by atomic mass is 10.0. The number of nitrogens with zero attached hydrogens (tertiary/aromatic N) is 1. The Bertz CT molecular complexity index is 739. The summed E-state index contributed by atoms with van der Waals surface area (Å²) in [4.78, 5) is 39.5. The fourth-order valence-corrected chi connectivity index (χ4v) is 2.88. The molecule has 0 fully saturated rings. The van der Waals surface area contributed by atoms with Crippen LogP contribution in [-0.2, 0) is 9.59 Å². The molecule has 0 aliphatic heterocycles. The number of amides is 2. The number of carboxylic acids is 1. The largest absolute Gasteiger partial charge is 0.480 e. The van der Waals surface area contributed by atoms with Crippen LogP contribution in [0.4, 0.5) is 0 Å². The molecule has 3 N–H and O–H groups in total. The third-order valence-corrected chi connectivity index (χ3v) is 4.22. The molecule has 8 nitrogen and oxygen atoms in total. The summed E-state index contributed by atoms with van der Waals surface area (Å²) in [5.41, 5.74) is 0. The van der Waals surface area contributed by atoms with Crippen LogP contribution in [0.2, 0.25) is 0 Å². The van der Waals surface area contributed by atoms with E-state index in [1.54, 1.807) is 12.1 Å². The number of aromatic nitrogens is 1. The van der Waals surface area contributed by atoms with Gasteiger partial charge in [-0.2, -0.15) is 0 Å². The second-order valence-electron chi connectivity index (χ2n) is 5.78. The normalized spacial score (nSPS) is 12.0. The maximum absolute atomic E-state index is 12.1. The van der Waals surface area contributed by atoms with E-state index in [1.807, 2.05) is 13.8 Å². The minimum Gasteiger partial charge on any atom is -0.480 e. The first-order valence-electron chi connectivity index (χ1n) is 7.67. The summed E-state index contributed by atoms with van der Waals surface area (Å²) in [6.07, 6.45) is 3.22. The van der Waals surface area contributed by atoms with Gasteiger partial charge in [-0.15, -0.1) is 11.3 Å². The minimum atomic E-state index is -1.10. The van der Waals surface area contributed by atoms with Gasteiger partial charge in [0, 0.05) is 0 Å². The molecule has 25 heavy (non-hydrogen) atoms. The Morgan fingerprint density at radius 3 is 2.72 bits per heavy atom. The average molecular weight is 365 g/mol. The van der Waals surface area contributed by atoms with Crippen molar-refractivity contribution in [3.63, 3.8) is 0 Å². The van der Waals surface area contributed by atoms with Gasteiger partial charge in [0.1, 0.15) is 10.9 Å².